The van der Waals surface area contributed by atoms with Crippen molar-refractivity contribution in [3.63, 3.8) is 0 Å². The maximum atomic E-state index is 4.60. The van der Waals surface area contributed by atoms with E-state index in [9.17, 15) is 0 Å². The van der Waals surface area contributed by atoms with Gasteiger partial charge < -0.3 is 9.88 Å². The molecule has 0 radical (unpaired) electrons. The first-order valence-corrected chi connectivity index (χ1v) is 7.74. The van der Waals surface area contributed by atoms with Gasteiger partial charge in [-0.1, -0.05) is 6.07 Å². The molecule has 1 aromatic carbocycles. The van der Waals surface area contributed by atoms with E-state index < -0.39 is 0 Å². The highest BCUT2D eigenvalue weighted by molar-refractivity contribution is 5.76. The number of hydrogen-bond donors (Lipinski definition) is 1. The summed E-state index contributed by atoms with van der Waals surface area (Å²) in [5, 5.41) is 3.42. The van der Waals surface area contributed by atoms with Gasteiger partial charge >= 0.3 is 0 Å². The van der Waals surface area contributed by atoms with Crippen molar-refractivity contribution in [2.24, 2.45) is 0 Å². The Morgan fingerprint density at radius 1 is 1.25 bits per heavy atom. The highest BCUT2D eigenvalue weighted by Gasteiger charge is 2.25. The molecule has 1 saturated carbocycles. The zero-order valence-electron chi connectivity index (χ0n) is 12.0. The second-order valence-electron chi connectivity index (χ2n) is 6.09. The molecule has 106 valence electrons. The lowest BCUT2D eigenvalue weighted by Gasteiger charge is -2.33. The summed E-state index contributed by atoms with van der Waals surface area (Å²) in [6, 6.07) is 8.01. The van der Waals surface area contributed by atoms with Crippen LogP contribution in [0.25, 0.3) is 11.0 Å². The van der Waals surface area contributed by atoms with Crippen molar-refractivity contribution in [1.82, 2.24) is 19.8 Å². The van der Waals surface area contributed by atoms with Crippen molar-refractivity contribution in [2.45, 2.75) is 31.8 Å². The largest absolute Gasteiger partial charge is 0.327 e. The van der Waals surface area contributed by atoms with Crippen molar-refractivity contribution in [2.75, 3.05) is 26.2 Å². The highest BCUT2D eigenvalue weighted by Crippen LogP contribution is 2.37. The smallest absolute Gasteiger partial charge is 0.0960 e. The van der Waals surface area contributed by atoms with E-state index in [1.807, 2.05) is 6.33 Å². The molecule has 4 heteroatoms. The lowest BCUT2D eigenvalue weighted by molar-refractivity contribution is 0.185. The third kappa shape index (κ3) is 2.13. The number of piperazine rings is 1. The first-order valence-electron chi connectivity index (χ1n) is 7.74. The van der Waals surface area contributed by atoms with Crippen molar-refractivity contribution >= 4 is 11.0 Å². The monoisotopic (exact) mass is 270 g/mol. The van der Waals surface area contributed by atoms with Crippen LogP contribution in [0.3, 0.4) is 0 Å². The molecule has 1 aliphatic carbocycles. The first kappa shape index (κ1) is 12.4. The molecule has 1 atom stereocenters. The molecular weight excluding hydrogens is 248 g/mol. The van der Waals surface area contributed by atoms with Crippen molar-refractivity contribution in [3.8, 4) is 0 Å². The van der Waals surface area contributed by atoms with Crippen LogP contribution in [0.5, 0.6) is 0 Å². The van der Waals surface area contributed by atoms with E-state index in [-0.39, 0.29) is 0 Å². The van der Waals surface area contributed by atoms with E-state index in [4.69, 9.17) is 0 Å². The summed E-state index contributed by atoms with van der Waals surface area (Å²) in [4.78, 5) is 7.15. The van der Waals surface area contributed by atoms with E-state index in [0.717, 1.165) is 31.7 Å². The minimum Gasteiger partial charge on any atom is -0.327 e. The van der Waals surface area contributed by atoms with Gasteiger partial charge in [-0.3, -0.25) is 4.90 Å². The van der Waals surface area contributed by atoms with Crippen LogP contribution in [0.15, 0.2) is 24.5 Å². The fourth-order valence-electron chi connectivity index (χ4n) is 3.23. The number of hydrogen-bond acceptors (Lipinski definition) is 3. The molecule has 0 spiro atoms. The Hall–Kier alpha value is -1.39. The Morgan fingerprint density at radius 3 is 2.80 bits per heavy atom. The second kappa shape index (κ2) is 4.86. The maximum Gasteiger partial charge on any atom is 0.0960 e. The predicted molar refractivity (Wildman–Crippen MR) is 80.9 cm³/mol. The van der Waals surface area contributed by atoms with E-state index in [1.165, 1.54) is 23.9 Å². The van der Waals surface area contributed by atoms with Crippen LogP contribution in [0.1, 0.15) is 37.4 Å². The van der Waals surface area contributed by atoms with Crippen molar-refractivity contribution < 1.29 is 0 Å². The number of imidazole rings is 1. The average molecular weight is 270 g/mol. The van der Waals surface area contributed by atoms with Gasteiger partial charge in [-0.2, -0.15) is 0 Å². The number of rotatable bonds is 3. The molecule has 4 rings (SSSR count). The molecule has 2 fully saturated rings. The molecule has 1 aromatic heterocycles. The number of aromatic nitrogens is 2. The number of nitrogens with one attached hydrogen (secondary N) is 1. The normalized spacial score (nSPS) is 22.2. The highest BCUT2D eigenvalue weighted by atomic mass is 15.2. The van der Waals surface area contributed by atoms with Gasteiger partial charge in [0.2, 0.25) is 0 Å². The van der Waals surface area contributed by atoms with Gasteiger partial charge in [0.25, 0.3) is 0 Å². The van der Waals surface area contributed by atoms with E-state index >= 15 is 0 Å². The zero-order chi connectivity index (χ0) is 13.5. The molecule has 1 saturated heterocycles. The van der Waals surface area contributed by atoms with Crippen LogP contribution < -0.4 is 5.32 Å². The predicted octanol–water partition coefficient (Wildman–Crippen LogP) is 2.34. The Balaban J connectivity index is 1.63. The molecule has 4 nitrogen and oxygen atoms in total. The third-order valence-corrected chi connectivity index (χ3v) is 4.72. The summed E-state index contributed by atoms with van der Waals surface area (Å²) < 4.78 is 2.34. The molecule has 2 aliphatic rings. The van der Waals surface area contributed by atoms with E-state index in [1.54, 1.807) is 0 Å². The quantitative estimate of drug-likeness (QED) is 0.929. The standard InChI is InChI=1S/C16H22N4/c1-12(19-8-6-17-7-9-19)13-2-5-16-15(10-13)18-11-20(16)14-3-4-14/h2,5,10-12,14,17H,3-4,6-9H2,1H3. The Bertz CT molecular complexity index is 608. The zero-order valence-corrected chi connectivity index (χ0v) is 12.0. The summed E-state index contributed by atoms with van der Waals surface area (Å²) in [5.41, 5.74) is 3.83. The van der Waals surface area contributed by atoms with Gasteiger partial charge in [0.05, 0.1) is 17.4 Å². The van der Waals surface area contributed by atoms with Gasteiger partial charge in [0.15, 0.2) is 0 Å². The maximum absolute atomic E-state index is 4.60. The molecule has 1 aliphatic heterocycles. The van der Waals surface area contributed by atoms with Crippen LogP contribution in [-0.2, 0) is 0 Å². The minimum atomic E-state index is 0.479. The molecule has 2 aromatic rings. The van der Waals surface area contributed by atoms with Crippen LogP contribution in [0.4, 0.5) is 0 Å². The van der Waals surface area contributed by atoms with Crippen molar-refractivity contribution in [1.29, 1.82) is 0 Å². The minimum absolute atomic E-state index is 0.479. The van der Waals surface area contributed by atoms with Gasteiger partial charge in [-0.15, -0.1) is 0 Å². The Morgan fingerprint density at radius 2 is 2.05 bits per heavy atom. The topological polar surface area (TPSA) is 33.1 Å². The molecule has 2 heterocycles. The Kier molecular flexibility index (Phi) is 3.00. The number of benzene rings is 1. The number of nitrogens with zero attached hydrogens (tertiary/aromatic N) is 3. The second-order valence-corrected chi connectivity index (χ2v) is 6.09. The molecular formula is C16H22N4. The van der Waals surface area contributed by atoms with Gasteiger partial charge in [-0.25, -0.2) is 4.98 Å². The van der Waals surface area contributed by atoms with Gasteiger partial charge in [0.1, 0.15) is 0 Å². The Labute approximate surface area is 119 Å². The van der Waals surface area contributed by atoms with Crippen LogP contribution >= 0.6 is 0 Å². The molecule has 0 amide bonds. The summed E-state index contributed by atoms with van der Waals surface area (Å²) in [7, 11) is 0. The first-order chi connectivity index (χ1) is 9.83. The molecule has 1 unspecified atom stereocenters. The molecule has 1 N–H and O–H groups in total. The lowest BCUT2D eigenvalue weighted by Crippen LogP contribution is -2.44. The van der Waals surface area contributed by atoms with Crippen LogP contribution in [0, 0.1) is 0 Å². The summed E-state index contributed by atoms with van der Waals surface area (Å²) >= 11 is 0. The summed E-state index contributed by atoms with van der Waals surface area (Å²) in [5.74, 6) is 0. The van der Waals surface area contributed by atoms with Crippen LogP contribution in [0.2, 0.25) is 0 Å². The summed E-state index contributed by atoms with van der Waals surface area (Å²) in [6.07, 6.45) is 4.64. The van der Waals surface area contributed by atoms with Crippen LogP contribution in [-0.4, -0.2) is 40.6 Å². The van der Waals surface area contributed by atoms with E-state index in [0.29, 0.717) is 12.1 Å². The fraction of sp³-hybridized carbons (Fsp3) is 0.562. The molecule has 0 bridgehead atoms. The third-order valence-electron chi connectivity index (χ3n) is 4.72. The number of fused-ring (bicyclic) bond motifs is 1. The van der Waals surface area contributed by atoms with Crippen molar-refractivity contribution in [3.05, 3.63) is 30.1 Å². The SMILES string of the molecule is CC(c1ccc2c(c1)ncn2C1CC1)N1CCNCC1. The van der Waals surface area contributed by atoms with E-state index in [2.05, 4.69) is 44.9 Å². The van der Waals surface area contributed by atoms with Gasteiger partial charge in [0, 0.05) is 38.3 Å². The fourth-order valence-corrected chi connectivity index (χ4v) is 3.23. The molecule has 20 heavy (non-hydrogen) atoms. The van der Waals surface area contributed by atoms with Gasteiger partial charge in [-0.05, 0) is 37.5 Å². The summed E-state index contributed by atoms with van der Waals surface area (Å²) in [6.45, 7) is 6.78. The lowest BCUT2D eigenvalue weighted by atomic mass is 10.1. The average Bonchev–Trinajstić information content (AvgIpc) is 3.26.